The van der Waals surface area contributed by atoms with E-state index in [2.05, 4.69) is 15.5 Å². The van der Waals surface area contributed by atoms with E-state index in [1.807, 2.05) is 19.9 Å². The molecule has 0 radical (unpaired) electrons. The number of amides is 1. The third-order valence-corrected chi connectivity index (χ3v) is 3.84. The van der Waals surface area contributed by atoms with E-state index in [4.69, 9.17) is 5.26 Å². The van der Waals surface area contributed by atoms with Crippen molar-refractivity contribution in [1.29, 1.82) is 5.26 Å². The lowest BCUT2D eigenvalue weighted by molar-refractivity contribution is -0.112. The average Bonchev–Trinajstić information content (AvgIpc) is 2.93. The number of carbonyl (C=O) groups is 1. The van der Waals surface area contributed by atoms with E-state index in [-0.39, 0.29) is 17.2 Å². The summed E-state index contributed by atoms with van der Waals surface area (Å²) in [6.45, 7) is 3.96. The van der Waals surface area contributed by atoms with E-state index in [1.54, 1.807) is 12.1 Å². The van der Waals surface area contributed by atoms with Crippen LogP contribution < -0.4 is 5.32 Å². The normalized spacial score (nSPS) is 11.3. The number of aromatic nitrogens is 2. The third-order valence-electron chi connectivity index (χ3n) is 2.70. The van der Waals surface area contributed by atoms with Crippen LogP contribution in [0.15, 0.2) is 29.8 Å². The number of hydrogen-bond donors (Lipinski definition) is 2. The molecule has 0 aliphatic heterocycles. The molecule has 0 bridgehead atoms. The summed E-state index contributed by atoms with van der Waals surface area (Å²) in [6.07, 6.45) is 1.40. The van der Waals surface area contributed by atoms with Gasteiger partial charge in [0.15, 0.2) is 0 Å². The maximum atomic E-state index is 12.1. The molecule has 112 valence electrons. The minimum Gasteiger partial charge on any atom is -0.508 e. The van der Waals surface area contributed by atoms with Crippen molar-refractivity contribution in [2.45, 2.75) is 19.8 Å². The molecule has 6 nitrogen and oxygen atoms in total. The van der Waals surface area contributed by atoms with E-state index < -0.39 is 5.91 Å². The average molecular weight is 314 g/mol. The van der Waals surface area contributed by atoms with Crippen LogP contribution >= 0.6 is 11.3 Å². The van der Waals surface area contributed by atoms with Crippen LogP contribution in [0.3, 0.4) is 0 Å². The maximum absolute atomic E-state index is 12.1. The maximum Gasteiger partial charge on any atom is 0.268 e. The SMILES string of the molecule is CC(C)c1nnc(NC(=O)/C(C#N)=C/c2cccc(O)c2)s1. The van der Waals surface area contributed by atoms with E-state index in [0.29, 0.717) is 10.7 Å². The van der Waals surface area contributed by atoms with Gasteiger partial charge in [-0.1, -0.05) is 37.3 Å². The zero-order valence-electron chi connectivity index (χ0n) is 12.1. The molecular formula is C15H14N4O2S. The van der Waals surface area contributed by atoms with Crippen molar-refractivity contribution >= 4 is 28.5 Å². The number of hydrogen-bond acceptors (Lipinski definition) is 6. The van der Waals surface area contributed by atoms with Crippen molar-refractivity contribution in [2.24, 2.45) is 0 Å². The van der Waals surface area contributed by atoms with Gasteiger partial charge in [0.1, 0.15) is 22.4 Å². The van der Waals surface area contributed by atoms with Crippen molar-refractivity contribution in [3.63, 3.8) is 0 Å². The summed E-state index contributed by atoms with van der Waals surface area (Å²) in [6, 6.07) is 8.14. The lowest BCUT2D eigenvalue weighted by Crippen LogP contribution is -2.13. The number of nitriles is 1. The minimum atomic E-state index is -0.558. The summed E-state index contributed by atoms with van der Waals surface area (Å²) >= 11 is 1.28. The van der Waals surface area contributed by atoms with Crippen molar-refractivity contribution in [3.05, 3.63) is 40.4 Å². The van der Waals surface area contributed by atoms with Gasteiger partial charge in [0, 0.05) is 5.92 Å². The lowest BCUT2D eigenvalue weighted by Gasteiger charge is -2.00. The van der Waals surface area contributed by atoms with Crippen LogP contribution in [0.4, 0.5) is 5.13 Å². The third kappa shape index (κ3) is 3.90. The van der Waals surface area contributed by atoms with Crippen LogP contribution in [0.2, 0.25) is 0 Å². The summed E-state index contributed by atoms with van der Waals surface area (Å²) in [5.41, 5.74) is 0.485. The molecule has 0 spiro atoms. The van der Waals surface area contributed by atoms with Crippen LogP contribution in [0.5, 0.6) is 5.75 Å². The summed E-state index contributed by atoms with van der Waals surface area (Å²) in [7, 11) is 0. The van der Waals surface area contributed by atoms with E-state index in [9.17, 15) is 9.90 Å². The van der Waals surface area contributed by atoms with E-state index in [0.717, 1.165) is 5.01 Å². The highest BCUT2D eigenvalue weighted by Crippen LogP contribution is 2.23. The molecule has 1 aromatic heterocycles. The summed E-state index contributed by atoms with van der Waals surface area (Å²) in [5, 5.41) is 30.1. The smallest absolute Gasteiger partial charge is 0.268 e. The fourth-order valence-electron chi connectivity index (χ4n) is 1.61. The number of anilines is 1. The number of nitrogens with zero attached hydrogens (tertiary/aromatic N) is 3. The van der Waals surface area contributed by atoms with Gasteiger partial charge < -0.3 is 5.11 Å². The molecule has 0 saturated carbocycles. The molecule has 1 aromatic carbocycles. The number of phenolic OH excluding ortho intramolecular Hbond substituents is 1. The van der Waals surface area contributed by atoms with Crippen LogP contribution in [-0.4, -0.2) is 21.2 Å². The Bertz CT molecular complexity index is 759. The minimum absolute atomic E-state index is 0.0668. The van der Waals surface area contributed by atoms with Gasteiger partial charge >= 0.3 is 0 Å². The number of rotatable bonds is 4. The molecule has 0 aliphatic carbocycles. The first-order chi connectivity index (χ1) is 10.5. The molecule has 2 rings (SSSR count). The van der Waals surface area contributed by atoms with Crippen molar-refractivity contribution in [1.82, 2.24) is 10.2 Å². The van der Waals surface area contributed by atoms with Gasteiger partial charge in [-0.2, -0.15) is 5.26 Å². The number of nitrogens with one attached hydrogen (secondary N) is 1. The van der Waals surface area contributed by atoms with E-state index >= 15 is 0 Å². The molecule has 0 aliphatic rings. The Morgan fingerprint density at radius 1 is 1.45 bits per heavy atom. The molecule has 1 heterocycles. The molecule has 0 unspecified atom stereocenters. The molecule has 22 heavy (non-hydrogen) atoms. The van der Waals surface area contributed by atoms with Crippen LogP contribution in [0.1, 0.15) is 30.3 Å². The van der Waals surface area contributed by atoms with Crippen LogP contribution in [0.25, 0.3) is 6.08 Å². The molecule has 0 atom stereocenters. The Hall–Kier alpha value is -2.72. The monoisotopic (exact) mass is 314 g/mol. The molecule has 2 aromatic rings. The first-order valence-electron chi connectivity index (χ1n) is 6.55. The fraction of sp³-hybridized carbons (Fsp3) is 0.200. The van der Waals surface area contributed by atoms with Crippen LogP contribution in [-0.2, 0) is 4.79 Å². The summed E-state index contributed by atoms with van der Waals surface area (Å²) in [4.78, 5) is 12.1. The first-order valence-corrected chi connectivity index (χ1v) is 7.37. The Morgan fingerprint density at radius 2 is 2.23 bits per heavy atom. The van der Waals surface area contributed by atoms with Gasteiger partial charge in [0.25, 0.3) is 5.91 Å². The van der Waals surface area contributed by atoms with Gasteiger partial charge in [-0.25, -0.2) is 0 Å². The first kappa shape index (κ1) is 15.7. The Balaban J connectivity index is 2.17. The zero-order chi connectivity index (χ0) is 16.1. The quantitative estimate of drug-likeness (QED) is 0.667. The van der Waals surface area contributed by atoms with Crippen molar-refractivity contribution < 1.29 is 9.90 Å². The second-order valence-corrected chi connectivity index (χ2v) is 5.83. The zero-order valence-corrected chi connectivity index (χ0v) is 12.9. The topological polar surface area (TPSA) is 98.9 Å². The van der Waals surface area contributed by atoms with Gasteiger partial charge in [0.05, 0.1) is 0 Å². The molecule has 1 amide bonds. The molecular weight excluding hydrogens is 300 g/mol. The Kier molecular flexibility index (Phi) is 4.86. The highest BCUT2D eigenvalue weighted by atomic mass is 32.1. The second-order valence-electron chi connectivity index (χ2n) is 4.82. The molecule has 0 saturated heterocycles. The molecule has 7 heteroatoms. The predicted octanol–water partition coefficient (Wildman–Crippen LogP) is 2.91. The summed E-state index contributed by atoms with van der Waals surface area (Å²) < 4.78 is 0. The number of aromatic hydroxyl groups is 1. The largest absolute Gasteiger partial charge is 0.508 e. The highest BCUT2D eigenvalue weighted by molar-refractivity contribution is 7.15. The Morgan fingerprint density at radius 3 is 2.82 bits per heavy atom. The van der Waals surface area contributed by atoms with Crippen molar-refractivity contribution in [3.8, 4) is 11.8 Å². The summed E-state index contributed by atoms with van der Waals surface area (Å²) in [5.74, 6) is -0.268. The molecule has 0 fully saturated rings. The Labute approximate surface area is 131 Å². The standard InChI is InChI=1S/C15H14N4O2S/c1-9(2)14-18-19-15(22-14)17-13(21)11(8-16)6-10-4-3-5-12(20)7-10/h3-7,9,20H,1-2H3,(H,17,19,21)/b11-6+. The predicted molar refractivity (Wildman–Crippen MR) is 84.3 cm³/mol. The molecule has 2 N–H and O–H groups in total. The van der Waals surface area contributed by atoms with Crippen LogP contribution in [0, 0.1) is 11.3 Å². The highest BCUT2D eigenvalue weighted by Gasteiger charge is 2.14. The number of benzene rings is 1. The second kappa shape index (κ2) is 6.83. The van der Waals surface area contributed by atoms with Gasteiger partial charge in [-0.15, -0.1) is 10.2 Å². The van der Waals surface area contributed by atoms with Gasteiger partial charge in [-0.05, 0) is 23.8 Å². The fourth-order valence-corrected chi connectivity index (χ4v) is 2.35. The lowest BCUT2D eigenvalue weighted by atomic mass is 10.1. The van der Waals surface area contributed by atoms with Crippen molar-refractivity contribution in [2.75, 3.05) is 5.32 Å². The number of phenols is 1. The van der Waals surface area contributed by atoms with Gasteiger partial charge in [0.2, 0.25) is 5.13 Å². The van der Waals surface area contributed by atoms with Gasteiger partial charge in [-0.3, -0.25) is 10.1 Å². The number of carbonyl (C=O) groups excluding carboxylic acids is 1. The van der Waals surface area contributed by atoms with E-state index in [1.165, 1.54) is 29.5 Å².